The predicted molar refractivity (Wildman–Crippen MR) is 117 cm³/mol. The summed E-state index contributed by atoms with van der Waals surface area (Å²) >= 11 is 1.85. The van der Waals surface area contributed by atoms with Crippen molar-refractivity contribution in [3.8, 4) is 0 Å². The van der Waals surface area contributed by atoms with E-state index in [1.807, 2.05) is 23.9 Å². The molecule has 0 spiro atoms. The molecule has 1 nitrogen and oxygen atoms in total. The van der Waals surface area contributed by atoms with E-state index in [1.54, 1.807) is 0 Å². The molecule has 0 heterocycles. The third-order valence-corrected chi connectivity index (χ3v) is 8.83. The van der Waals surface area contributed by atoms with Gasteiger partial charge in [-0.1, -0.05) is 68.5 Å². The maximum Gasteiger partial charge on any atom is 0.156 e. The SMILES string of the molecule is CC(C)=CCCC(C)CC(=O)C=C(SCc1ccccc1)[Si](C)(C)C. The van der Waals surface area contributed by atoms with Gasteiger partial charge in [0.15, 0.2) is 5.78 Å². The summed E-state index contributed by atoms with van der Waals surface area (Å²) in [5, 5.41) is 0. The molecule has 1 unspecified atom stereocenters. The average molecular weight is 375 g/mol. The molecule has 0 saturated carbocycles. The van der Waals surface area contributed by atoms with E-state index in [9.17, 15) is 4.79 Å². The lowest BCUT2D eigenvalue weighted by Crippen LogP contribution is -2.23. The fourth-order valence-corrected chi connectivity index (χ4v) is 5.79. The number of carbonyl (C=O) groups is 1. The third-order valence-electron chi connectivity index (χ3n) is 4.03. The van der Waals surface area contributed by atoms with Crippen LogP contribution in [0.5, 0.6) is 0 Å². The van der Waals surface area contributed by atoms with Crippen LogP contribution in [0.25, 0.3) is 0 Å². The number of thioether (sulfide) groups is 1. The van der Waals surface area contributed by atoms with Gasteiger partial charge in [-0.05, 0) is 48.8 Å². The highest BCUT2D eigenvalue weighted by Crippen LogP contribution is 2.30. The summed E-state index contributed by atoms with van der Waals surface area (Å²) in [7, 11) is -1.50. The first kappa shape index (κ1) is 22.0. The Kier molecular flexibility index (Phi) is 9.51. The van der Waals surface area contributed by atoms with Crippen molar-refractivity contribution in [2.75, 3.05) is 0 Å². The minimum atomic E-state index is -1.50. The Hall–Kier alpha value is -1.06. The van der Waals surface area contributed by atoms with E-state index < -0.39 is 8.07 Å². The maximum atomic E-state index is 12.5. The number of ketones is 1. The number of allylic oxidation sites excluding steroid dienone is 3. The zero-order valence-corrected chi connectivity index (χ0v) is 18.6. The Labute approximate surface area is 160 Å². The highest BCUT2D eigenvalue weighted by Gasteiger charge is 2.21. The van der Waals surface area contributed by atoms with Crippen LogP contribution in [0.15, 0.2) is 52.6 Å². The minimum absolute atomic E-state index is 0.294. The molecule has 0 saturated heterocycles. The van der Waals surface area contributed by atoms with Gasteiger partial charge in [0.1, 0.15) is 0 Å². The Bertz CT molecular complexity index is 592. The first-order chi connectivity index (χ1) is 11.7. The van der Waals surface area contributed by atoms with Gasteiger partial charge in [-0.2, -0.15) is 0 Å². The van der Waals surface area contributed by atoms with Gasteiger partial charge in [0.05, 0.1) is 8.07 Å². The first-order valence-corrected chi connectivity index (χ1v) is 13.7. The second kappa shape index (κ2) is 10.8. The summed E-state index contributed by atoms with van der Waals surface area (Å²) in [6, 6.07) is 10.5. The molecule has 3 heteroatoms. The topological polar surface area (TPSA) is 17.1 Å². The molecule has 0 N–H and O–H groups in total. The molecule has 0 aliphatic heterocycles. The van der Waals surface area contributed by atoms with Gasteiger partial charge in [-0.3, -0.25) is 4.79 Å². The van der Waals surface area contributed by atoms with Crippen LogP contribution in [0.2, 0.25) is 19.6 Å². The monoisotopic (exact) mass is 374 g/mol. The van der Waals surface area contributed by atoms with Crippen molar-refractivity contribution in [1.82, 2.24) is 0 Å². The highest BCUT2D eigenvalue weighted by molar-refractivity contribution is 8.04. The van der Waals surface area contributed by atoms with Gasteiger partial charge in [-0.25, -0.2) is 0 Å². The Morgan fingerprint density at radius 2 is 1.80 bits per heavy atom. The van der Waals surface area contributed by atoms with Gasteiger partial charge >= 0.3 is 0 Å². The second-order valence-corrected chi connectivity index (χ2v) is 14.6. The molecule has 1 aromatic carbocycles. The fraction of sp³-hybridized carbons (Fsp3) is 0.500. The molecule has 0 fully saturated rings. The van der Waals surface area contributed by atoms with Gasteiger partial charge in [-0.15, -0.1) is 11.8 Å². The van der Waals surface area contributed by atoms with Gasteiger partial charge in [0, 0.05) is 12.2 Å². The standard InChI is InChI=1S/C22H34OSSi/c1-18(2)11-10-12-19(3)15-21(23)16-22(25(4,5)6)24-17-20-13-8-7-9-14-20/h7-9,11,13-14,16,19H,10,12,15,17H2,1-6H3. The maximum absolute atomic E-state index is 12.5. The molecule has 0 aliphatic rings. The van der Waals surface area contributed by atoms with Crippen LogP contribution < -0.4 is 0 Å². The lowest BCUT2D eigenvalue weighted by molar-refractivity contribution is -0.115. The molecule has 138 valence electrons. The smallest absolute Gasteiger partial charge is 0.156 e. The molecule has 25 heavy (non-hydrogen) atoms. The molecule has 0 radical (unpaired) electrons. The first-order valence-electron chi connectivity index (χ1n) is 9.23. The second-order valence-electron chi connectivity index (χ2n) is 8.17. The van der Waals surface area contributed by atoms with E-state index in [0.29, 0.717) is 18.1 Å². The van der Waals surface area contributed by atoms with E-state index in [1.165, 1.54) is 15.7 Å². The van der Waals surface area contributed by atoms with E-state index in [-0.39, 0.29) is 0 Å². The van der Waals surface area contributed by atoms with Crippen molar-refractivity contribution >= 4 is 25.6 Å². The van der Waals surface area contributed by atoms with Crippen LogP contribution in [-0.4, -0.2) is 13.9 Å². The normalized spacial score (nSPS) is 13.4. The highest BCUT2D eigenvalue weighted by atomic mass is 32.2. The van der Waals surface area contributed by atoms with Crippen molar-refractivity contribution in [1.29, 1.82) is 0 Å². The molecule has 0 aromatic heterocycles. The van der Waals surface area contributed by atoms with Crippen LogP contribution >= 0.6 is 11.8 Å². The zero-order valence-electron chi connectivity index (χ0n) is 16.8. The van der Waals surface area contributed by atoms with E-state index in [2.05, 4.69) is 70.8 Å². The lowest BCUT2D eigenvalue weighted by atomic mass is 9.98. The van der Waals surface area contributed by atoms with Crippen LogP contribution in [0, 0.1) is 5.92 Å². The predicted octanol–water partition coefficient (Wildman–Crippen LogP) is 7.02. The molecule has 1 atom stereocenters. The van der Waals surface area contributed by atoms with E-state index >= 15 is 0 Å². The lowest BCUT2D eigenvalue weighted by Gasteiger charge is -2.20. The molecular weight excluding hydrogens is 340 g/mol. The van der Waals surface area contributed by atoms with Crippen molar-refractivity contribution in [3.63, 3.8) is 0 Å². The van der Waals surface area contributed by atoms with Crippen LogP contribution in [0.4, 0.5) is 0 Å². The largest absolute Gasteiger partial charge is 0.295 e. The Morgan fingerprint density at radius 3 is 2.36 bits per heavy atom. The molecule has 1 aromatic rings. The Morgan fingerprint density at radius 1 is 1.16 bits per heavy atom. The number of carbonyl (C=O) groups excluding carboxylic acids is 1. The summed E-state index contributed by atoms with van der Waals surface area (Å²) in [6.45, 7) is 13.4. The fourth-order valence-electron chi connectivity index (χ4n) is 2.52. The number of rotatable bonds is 10. The molecule has 0 aliphatic carbocycles. The van der Waals surface area contributed by atoms with Gasteiger partial charge < -0.3 is 0 Å². The number of benzene rings is 1. The van der Waals surface area contributed by atoms with Gasteiger partial charge in [0.2, 0.25) is 0 Å². The zero-order chi connectivity index (χ0) is 18.9. The van der Waals surface area contributed by atoms with Gasteiger partial charge in [0.25, 0.3) is 0 Å². The van der Waals surface area contributed by atoms with Crippen molar-refractivity contribution in [2.24, 2.45) is 5.92 Å². The summed E-state index contributed by atoms with van der Waals surface area (Å²) in [6.07, 6.45) is 7.04. The van der Waals surface area contributed by atoms with Crippen molar-refractivity contribution < 1.29 is 4.79 Å². The van der Waals surface area contributed by atoms with Crippen LogP contribution in [0.1, 0.15) is 45.6 Å². The molecular formula is C22H34OSSi. The van der Waals surface area contributed by atoms with Crippen LogP contribution in [-0.2, 0) is 10.5 Å². The Balaban J connectivity index is 2.65. The van der Waals surface area contributed by atoms with Crippen molar-refractivity contribution in [2.45, 2.75) is 65.4 Å². The summed E-state index contributed by atoms with van der Waals surface area (Å²) in [5.41, 5.74) is 2.68. The summed E-state index contributed by atoms with van der Waals surface area (Å²) < 4.78 is 1.32. The summed E-state index contributed by atoms with van der Waals surface area (Å²) in [4.78, 5) is 12.5. The third kappa shape index (κ3) is 9.86. The number of hydrogen-bond acceptors (Lipinski definition) is 2. The minimum Gasteiger partial charge on any atom is -0.295 e. The molecule has 1 rings (SSSR count). The van der Waals surface area contributed by atoms with E-state index in [4.69, 9.17) is 0 Å². The number of hydrogen-bond donors (Lipinski definition) is 0. The molecule has 0 bridgehead atoms. The molecule has 0 amide bonds. The average Bonchev–Trinajstić information content (AvgIpc) is 2.50. The summed E-state index contributed by atoms with van der Waals surface area (Å²) in [5.74, 6) is 1.68. The van der Waals surface area contributed by atoms with E-state index in [0.717, 1.165) is 18.6 Å². The van der Waals surface area contributed by atoms with Crippen molar-refractivity contribution in [3.05, 3.63) is 58.1 Å². The quantitative estimate of drug-likeness (QED) is 0.248. The van der Waals surface area contributed by atoms with Crippen LogP contribution in [0.3, 0.4) is 0 Å².